The van der Waals surface area contributed by atoms with Crippen molar-refractivity contribution < 1.29 is 9.53 Å². The van der Waals surface area contributed by atoms with Crippen molar-refractivity contribution in [3.8, 4) is 5.88 Å². The topological polar surface area (TPSA) is 74.3 Å². The van der Waals surface area contributed by atoms with E-state index in [2.05, 4.69) is 15.0 Å². The second-order valence-corrected chi connectivity index (χ2v) is 8.38. The molecule has 7 nitrogen and oxygen atoms in total. The van der Waals surface area contributed by atoms with Gasteiger partial charge in [-0.2, -0.15) is 4.98 Å². The number of rotatable bonds is 5. The molecule has 1 amide bonds. The molecule has 2 aromatic heterocycles. The predicted octanol–water partition coefficient (Wildman–Crippen LogP) is 4.99. The van der Waals surface area contributed by atoms with Gasteiger partial charge in [0.05, 0.1) is 21.6 Å². The summed E-state index contributed by atoms with van der Waals surface area (Å²) in [6.07, 6.45) is 2.24. The number of carbonyl (C=O) groups excluding carboxylic acids is 1. The Balaban J connectivity index is 0.00000141. The number of likely N-dealkylation sites (N-methyl/N-ethyl adjacent to an activating group) is 1. The van der Waals surface area contributed by atoms with Gasteiger partial charge in [-0.15, -0.1) is 0 Å². The van der Waals surface area contributed by atoms with E-state index in [0.29, 0.717) is 35.5 Å². The quantitative estimate of drug-likeness (QED) is 0.559. The molecule has 32 heavy (non-hydrogen) atoms. The van der Waals surface area contributed by atoms with E-state index in [4.69, 9.17) is 27.9 Å². The van der Waals surface area contributed by atoms with Crippen molar-refractivity contribution >= 4 is 40.0 Å². The summed E-state index contributed by atoms with van der Waals surface area (Å²) in [7, 11) is 3.94. The normalized spacial score (nSPS) is 15.4. The molecular formula is C23H29Cl2N5O2. The molecule has 0 aliphatic carbocycles. The van der Waals surface area contributed by atoms with E-state index in [-0.39, 0.29) is 17.8 Å². The van der Waals surface area contributed by atoms with Crippen LogP contribution in [0.5, 0.6) is 5.88 Å². The molecule has 0 radical (unpaired) electrons. The minimum absolute atomic E-state index is 0.133. The van der Waals surface area contributed by atoms with Crippen molar-refractivity contribution in [1.29, 1.82) is 0 Å². The molecule has 172 valence electrons. The van der Waals surface area contributed by atoms with Gasteiger partial charge < -0.3 is 19.5 Å². The molecule has 0 saturated carbocycles. The van der Waals surface area contributed by atoms with Crippen molar-refractivity contribution in [3.63, 3.8) is 0 Å². The number of fused-ring (bicyclic) bond motifs is 3. The van der Waals surface area contributed by atoms with Crippen LogP contribution >= 0.6 is 23.2 Å². The Morgan fingerprint density at radius 1 is 1.28 bits per heavy atom. The van der Waals surface area contributed by atoms with E-state index >= 15 is 0 Å². The number of aromatic nitrogens is 3. The van der Waals surface area contributed by atoms with E-state index in [1.165, 1.54) is 0 Å². The number of hydrogen-bond donors (Lipinski definition) is 1. The number of halogens is 2. The molecule has 1 N–H and O–H groups in total. The first-order valence-electron chi connectivity index (χ1n) is 10.8. The van der Waals surface area contributed by atoms with Gasteiger partial charge in [0.25, 0.3) is 5.91 Å². The van der Waals surface area contributed by atoms with E-state index in [1.54, 1.807) is 23.2 Å². The van der Waals surface area contributed by atoms with Gasteiger partial charge in [-0.1, -0.05) is 43.1 Å². The third-order valence-electron chi connectivity index (χ3n) is 5.34. The van der Waals surface area contributed by atoms with Gasteiger partial charge in [-0.05, 0) is 27.1 Å². The van der Waals surface area contributed by atoms with Gasteiger partial charge in [-0.25, -0.2) is 4.98 Å². The lowest BCUT2D eigenvalue weighted by Gasteiger charge is -2.33. The molecule has 1 aliphatic heterocycles. The van der Waals surface area contributed by atoms with Crippen LogP contribution in [0.3, 0.4) is 0 Å². The first-order valence-corrected chi connectivity index (χ1v) is 11.5. The van der Waals surface area contributed by atoms with Crippen LogP contribution in [0.1, 0.15) is 48.7 Å². The number of hydrogen-bond acceptors (Lipinski definition) is 5. The standard InChI is InChI=1S/C21H23Cl2N5O2.C2H6/c1-12-17-13-4-5-14(22)18(23)19(13)25-15(17)7-9-28(12)21(29)20-24-8-6-16(26-20)30-11-10-27(2)3;1-2/h4-6,8,12,25H,7,9-11H2,1-3H3;1-2H3. The lowest BCUT2D eigenvalue weighted by Crippen LogP contribution is -2.39. The Morgan fingerprint density at radius 2 is 2.03 bits per heavy atom. The summed E-state index contributed by atoms with van der Waals surface area (Å²) in [6.45, 7) is 7.80. The predicted molar refractivity (Wildman–Crippen MR) is 129 cm³/mol. The molecule has 0 fully saturated rings. The Kier molecular flexibility index (Phi) is 7.98. The molecule has 9 heteroatoms. The van der Waals surface area contributed by atoms with Crippen LogP contribution in [0.25, 0.3) is 10.9 Å². The Bertz CT molecular complexity index is 1100. The Hall–Kier alpha value is -2.35. The zero-order valence-electron chi connectivity index (χ0n) is 19.1. The lowest BCUT2D eigenvalue weighted by atomic mass is 9.97. The molecule has 0 saturated heterocycles. The molecular weight excluding hydrogens is 449 g/mol. The number of aromatic amines is 1. The zero-order valence-corrected chi connectivity index (χ0v) is 20.6. The first kappa shape index (κ1) is 24.3. The van der Waals surface area contributed by atoms with Crippen molar-refractivity contribution in [3.05, 3.63) is 51.5 Å². The molecule has 1 unspecified atom stereocenters. The maximum absolute atomic E-state index is 13.2. The molecule has 1 aromatic carbocycles. The lowest BCUT2D eigenvalue weighted by molar-refractivity contribution is 0.0664. The van der Waals surface area contributed by atoms with Crippen LogP contribution in [0.4, 0.5) is 0 Å². The Morgan fingerprint density at radius 3 is 2.75 bits per heavy atom. The van der Waals surface area contributed by atoms with Crippen LogP contribution in [0.2, 0.25) is 10.0 Å². The number of benzene rings is 1. The van der Waals surface area contributed by atoms with E-state index in [1.807, 2.05) is 45.8 Å². The highest BCUT2D eigenvalue weighted by molar-refractivity contribution is 6.45. The summed E-state index contributed by atoms with van der Waals surface area (Å²) < 4.78 is 5.65. The largest absolute Gasteiger partial charge is 0.476 e. The molecule has 1 atom stereocenters. The highest BCUT2D eigenvalue weighted by Crippen LogP contribution is 2.40. The van der Waals surface area contributed by atoms with Gasteiger partial charge in [0.2, 0.25) is 11.7 Å². The maximum Gasteiger partial charge on any atom is 0.292 e. The van der Waals surface area contributed by atoms with Gasteiger partial charge in [0.15, 0.2) is 0 Å². The van der Waals surface area contributed by atoms with Crippen molar-refractivity contribution in [2.75, 3.05) is 33.8 Å². The molecule has 4 rings (SSSR count). The van der Waals surface area contributed by atoms with Gasteiger partial charge in [0.1, 0.15) is 6.61 Å². The fraction of sp³-hybridized carbons (Fsp3) is 0.435. The molecule has 0 spiro atoms. The summed E-state index contributed by atoms with van der Waals surface area (Å²) in [5.74, 6) is 0.309. The monoisotopic (exact) mass is 477 g/mol. The molecule has 3 aromatic rings. The van der Waals surface area contributed by atoms with Crippen LogP contribution in [0.15, 0.2) is 24.4 Å². The maximum atomic E-state index is 13.2. The number of ether oxygens (including phenoxy) is 1. The number of nitrogens with one attached hydrogen (secondary N) is 1. The first-order chi connectivity index (χ1) is 15.4. The SMILES string of the molecule is CC.CC1c2c([nH]c3c(Cl)c(Cl)ccc23)CCN1C(=O)c1nccc(OCCN(C)C)n1. The highest BCUT2D eigenvalue weighted by atomic mass is 35.5. The second kappa shape index (κ2) is 10.5. The Labute approximate surface area is 198 Å². The number of nitrogens with zero attached hydrogens (tertiary/aromatic N) is 4. The molecule has 3 heterocycles. The van der Waals surface area contributed by atoms with Crippen molar-refractivity contribution in [1.82, 2.24) is 24.8 Å². The van der Waals surface area contributed by atoms with Crippen LogP contribution in [-0.4, -0.2) is 64.5 Å². The summed E-state index contributed by atoms with van der Waals surface area (Å²) in [5.41, 5.74) is 2.94. The minimum Gasteiger partial charge on any atom is -0.476 e. The summed E-state index contributed by atoms with van der Waals surface area (Å²) in [4.78, 5) is 28.9. The average Bonchev–Trinajstić information content (AvgIpc) is 3.18. The smallest absolute Gasteiger partial charge is 0.292 e. The summed E-state index contributed by atoms with van der Waals surface area (Å²) >= 11 is 12.6. The van der Waals surface area contributed by atoms with Crippen LogP contribution < -0.4 is 4.74 Å². The van der Waals surface area contributed by atoms with Crippen molar-refractivity contribution in [2.45, 2.75) is 33.2 Å². The molecule has 0 bridgehead atoms. The third-order valence-corrected chi connectivity index (χ3v) is 6.15. The number of amides is 1. The van der Waals surface area contributed by atoms with Crippen molar-refractivity contribution in [2.24, 2.45) is 0 Å². The van der Waals surface area contributed by atoms with E-state index in [0.717, 1.165) is 28.7 Å². The summed E-state index contributed by atoms with van der Waals surface area (Å²) in [6, 6.07) is 5.23. The number of carbonyl (C=O) groups is 1. The number of H-pyrrole nitrogens is 1. The fourth-order valence-electron chi connectivity index (χ4n) is 3.80. The van der Waals surface area contributed by atoms with E-state index in [9.17, 15) is 4.79 Å². The van der Waals surface area contributed by atoms with Crippen LogP contribution in [0, 0.1) is 0 Å². The third kappa shape index (κ3) is 4.85. The van der Waals surface area contributed by atoms with E-state index < -0.39 is 0 Å². The van der Waals surface area contributed by atoms with Crippen LogP contribution in [-0.2, 0) is 6.42 Å². The van der Waals surface area contributed by atoms with Gasteiger partial charge in [-0.3, -0.25) is 4.79 Å². The average molecular weight is 478 g/mol. The molecule has 1 aliphatic rings. The zero-order chi connectivity index (χ0) is 23.4. The second-order valence-electron chi connectivity index (χ2n) is 7.60. The summed E-state index contributed by atoms with van der Waals surface area (Å²) in [5, 5.41) is 1.98. The highest BCUT2D eigenvalue weighted by Gasteiger charge is 2.33. The minimum atomic E-state index is -0.222. The van der Waals surface area contributed by atoms with Gasteiger partial charge in [0, 0.05) is 48.4 Å². The van der Waals surface area contributed by atoms with Gasteiger partial charge >= 0.3 is 0 Å². The fourth-order valence-corrected chi connectivity index (χ4v) is 4.17.